The molecule has 2 atom stereocenters. The summed E-state index contributed by atoms with van der Waals surface area (Å²) in [6.45, 7) is 8.67. The Morgan fingerprint density at radius 2 is 0.617 bits per heavy atom. The number of carboxylic acids is 3. The number of carboxylic acid groups (broad SMARTS) is 3. The maximum absolute atomic E-state index is 13.3. The van der Waals surface area contributed by atoms with Crippen LogP contribution in [0.3, 0.4) is 0 Å². The van der Waals surface area contributed by atoms with Crippen LogP contribution in [-0.4, -0.2) is 166 Å². The van der Waals surface area contributed by atoms with Crippen LogP contribution in [0.4, 0.5) is 17.1 Å². The predicted molar refractivity (Wildman–Crippen MR) is 538 cm³/mol. The number of hydrogen-bond acceptors (Lipinski definition) is 20. The number of esters is 3. The summed E-state index contributed by atoms with van der Waals surface area (Å²) >= 11 is 0. The first-order valence-electron chi connectivity index (χ1n) is 49.6. The number of nitrogens with zero attached hydrogens (tertiary/aromatic N) is 3. The zero-order valence-corrected chi connectivity index (χ0v) is 81.2. The molecule has 141 heavy (non-hydrogen) atoms. The van der Waals surface area contributed by atoms with Gasteiger partial charge in [-0.15, -0.1) is 0 Å². The van der Waals surface area contributed by atoms with Crippen LogP contribution in [0.5, 0.6) is 34.5 Å². The minimum Gasteiger partial charge on any atom is -0.494 e. The first kappa shape index (κ1) is 109. The SMILES string of the molecule is CCCCCCCOc1ccc(C(=O)Oc2ccc(CN(CC(=O)O)C(=O)c3ccc(NC(=O)CC4CCCCC4)cc3)cc2)cc1.CCCCCCCOc1ccc(C(=O)Oc2ccc(CN(CC(=O)O)C(=O)c3ccc(NC(=O)CC4CCCCN4)cc3)cc2)cc1.CCCCCCCOc1ccc(C(=O)Oc2ccc(CN(CC(=O)O)C(=O)c3ccc(NC(=O)CC4CCCCO4)cc3)cc2)cc1. The van der Waals surface area contributed by atoms with E-state index in [0.717, 1.165) is 96.4 Å². The second-order valence-electron chi connectivity index (χ2n) is 35.8. The van der Waals surface area contributed by atoms with Crippen molar-refractivity contribution in [3.8, 4) is 34.5 Å². The van der Waals surface area contributed by atoms with Gasteiger partial charge in [-0.2, -0.15) is 0 Å². The lowest BCUT2D eigenvalue weighted by Crippen LogP contribution is -2.37. The lowest BCUT2D eigenvalue weighted by atomic mass is 9.87. The van der Waals surface area contributed by atoms with E-state index in [9.17, 15) is 72.9 Å². The first-order chi connectivity index (χ1) is 68.4. The van der Waals surface area contributed by atoms with Crippen molar-refractivity contribution in [3.63, 3.8) is 0 Å². The molecule has 29 heteroatoms. The van der Waals surface area contributed by atoms with Crippen LogP contribution in [0.2, 0.25) is 0 Å². The Kier molecular flexibility index (Phi) is 46.4. The number of hydrogen-bond donors (Lipinski definition) is 7. The third kappa shape index (κ3) is 40.0. The molecule has 0 bridgehead atoms. The molecule has 3 fully saturated rings. The average Bonchev–Trinajstić information content (AvgIpc) is 0.839. The number of amides is 6. The van der Waals surface area contributed by atoms with Crippen molar-refractivity contribution in [2.24, 2.45) is 5.92 Å². The van der Waals surface area contributed by atoms with E-state index in [0.29, 0.717) is 141 Å². The fourth-order valence-corrected chi connectivity index (χ4v) is 16.4. The number of carbonyl (C=O) groups is 12. The molecular formula is C112H135N7O22. The largest absolute Gasteiger partial charge is 0.494 e. The minimum absolute atomic E-state index is 0.0271. The average molecular weight is 1930 g/mol. The van der Waals surface area contributed by atoms with Gasteiger partial charge in [-0.05, 0) is 275 Å². The Labute approximate surface area is 826 Å². The maximum atomic E-state index is 13.3. The van der Waals surface area contributed by atoms with E-state index in [1.807, 2.05) is 0 Å². The third-order valence-electron chi connectivity index (χ3n) is 24.2. The normalized spacial score (nSPS) is 13.8. The molecule has 12 rings (SSSR count). The monoisotopic (exact) mass is 1930 g/mol. The lowest BCUT2D eigenvalue weighted by Gasteiger charge is -2.23. The van der Waals surface area contributed by atoms with Crippen molar-refractivity contribution in [2.45, 2.75) is 239 Å². The Morgan fingerprint density at radius 3 is 0.922 bits per heavy atom. The summed E-state index contributed by atoms with van der Waals surface area (Å²) in [5, 5.41) is 40.4. The van der Waals surface area contributed by atoms with E-state index in [2.05, 4.69) is 42.0 Å². The van der Waals surface area contributed by atoms with E-state index in [1.165, 1.54) is 91.7 Å². The summed E-state index contributed by atoms with van der Waals surface area (Å²) in [5.74, 6) is -3.20. The first-order valence-corrected chi connectivity index (χ1v) is 49.6. The van der Waals surface area contributed by atoms with Gasteiger partial charge in [0, 0.05) is 78.9 Å². The number of anilines is 3. The third-order valence-corrected chi connectivity index (χ3v) is 24.2. The van der Waals surface area contributed by atoms with Crippen molar-refractivity contribution in [3.05, 3.63) is 268 Å². The molecule has 9 aromatic rings. The molecule has 2 saturated heterocycles. The van der Waals surface area contributed by atoms with E-state index < -0.39 is 73.2 Å². The highest BCUT2D eigenvalue weighted by molar-refractivity contribution is 6.00. The van der Waals surface area contributed by atoms with Crippen molar-refractivity contribution in [1.29, 1.82) is 0 Å². The quantitative estimate of drug-likeness (QED) is 0.0106. The Morgan fingerprint density at radius 1 is 0.319 bits per heavy atom. The molecule has 6 amide bonds. The molecule has 2 unspecified atom stereocenters. The predicted octanol–water partition coefficient (Wildman–Crippen LogP) is 21.2. The molecule has 750 valence electrons. The van der Waals surface area contributed by atoms with Crippen LogP contribution in [0.15, 0.2) is 218 Å². The van der Waals surface area contributed by atoms with Gasteiger partial charge in [-0.25, -0.2) is 14.4 Å². The molecule has 2 heterocycles. The Hall–Kier alpha value is -14.1. The Bertz CT molecular complexity index is 4880. The lowest BCUT2D eigenvalue weighted by molar-refractivity contribution is -0.138. The van der Waals surface area contributed by atoms with Crippen LogP contribution < -0.4 is 49.7 Å². The van der Waals surface area contributed by atoms with Crippen molar-refractivity contribution in [1.82, 2.24) is 20.0 Å². The molecule has 0 spiro atoms. The second kappa shape index (κ2) is 60.0. The number of rotatable bonds is 51. The molecule has 3 aliphatic rings. The number of ether oxygens (including phenoxy) is 7. The van der Waals surface area contributed by atoms with Crippen molar-refractivity contribution < 1.29 is 106 Å². The van der Waals surface area contributed by atoms with Gasteiger partial charge in [0.1, 0.15) is 54.1 Å². The van der Waals surface area contributed by atoms with Gasteiger partial charge in [-0.3, -0.25) is 43.2 Å². The number of benzene rings is 9. The highest BCUT2D eigenvalue weighted by atomic mass is 16.5. The summed E-state index contributed by atoms with van der Waals surface area (Å²) in [5.41, 5.74) is 5.73. The molecule has 29 nitrogen and oxygen atoms in total. The zero-order chi connectivity index (χ0) is 100. The summed E-state index contributed by atoms with van der Waals surface area (Å²) in [7, 11) is 0. The smallest absolute Gasteiger partial charge is 0.343 e. The molecule has 0 aromatic heterocycles. The number of unbranched alkanes of at least 4 members (excludes halogenated alkanes) is 12. The molecule has 0 radical (unpaired) electrons. The van der Waals surface area contributed by atoms with Gasteiger partial charge in [0.25, 0.3) is 17.7 Å². The molecule has 7 N–H and O–H groups in total. The number of piperidine rings is 1. The van der Waals surface area contributed by atoms with Crippen LogP contribution in [0.25, 0.3) is 0 Å². The number of carbonyl (C=O) groups excluding carboxylic acids is 9. The standard InChI is InChI=1S/C38H46N2O7.C37H45N3O7.C37H44N2O8/c1-2-3-4-5-9-24-46-33-22-16-31(17-23-33)38(45)47-34-20-12-29(13-21-34)26-40(27-36(42)43)37(44)30-14-18-32(19-15-30)39-35(41)25-28-10-7-6-8-11-28;1-2-3-4-5-8-23-46-32-20-14-29(15-21-32)37(45)47-33-18-10-27(11-19-33)25-40(26-35(42)43)36(44)28-12-16-30(17-13-28)39-34(41)24-31-9-6-7-22-38-31;1-2-3-4-5-7-22-45-31-20-14-29(15-21-31)37(44)47-32-18-10-27(11-19-32)25-39(26-35(41)42)36(43)28-12-16-30(17-13-28)38-34(40)24-33-9-6-8-23-46-33/h12-23,28H,2-11,24-27H2,1H3,(H,39,41)(H,42,43);10-21,31,38H,2-9,22-26H2,1H3,(H,39,41)(H,42,43);10-21,33H,2-9,22-26H2,1H3,(H,38,40)(H,41,42). The summed E-state index contributed by atoms with van der Waals surface area (Å²) < 4.78 is 39.4. The van der Waals surface area contributed by atoms with E-state index in [-0.39, 0.29) is 61.5 Å². The summed E-state index contributed by atoms with van der Waals surface area (Å²) in [6.07, 6.45) is 30.3. The number of aliphatic carboxylic acids is 3. The Balaban J connectivity index is 0.000000218. The van der Waals surface area contributed by atoms with Crippen LogP contribution in [0, 0.1) is 5.92 Å². The fraction of sp³-hybridized carbons (Fsp3) is 0.411. The zero-order valence-electron chi connectivity index (χ0n) is 81.2. The highest BCUT2D eigenvalue weighted by Gasteiger charge is 2.27. The van der Waals surface area contributed by atoms with Crippen molar-refractivity contribution in [2.75, 3.05) is 68.6 Å². The van der Waals surface area contributed by atoms with E-state index in [1.54, 1.807) is 218 Å². The van der Waals surface area contributed by atoms with Gasteiger partial charge < -0.3 is 84.4 Å². The fourth-order valence-electron chi connectivity index (χ4n) is 16.4. The molecule has 1 aliphatic carbocycles. The minimum atomic E-state index is -1.15. The molecule has 9 aromatic carbocycles. The highest BCUT2D eigenvalue weighted by Crippen LogP contribution is 2.30. The maximum Gasteiger partial charge on any atom is 0.343 e. The topological polar surface area (TPSA) is 388 Å². The van der Waals surface area contributed by atoms with Crippen LogP contribution in [-0.2, 0) is 53.1 Å². The molecular weight excluding hydrogens is 1800 g/mol. The van der Waals surface area contributed by atoms with Crippen LogP contribution >= 0.6 is 0 Å². The molecule has 2 aliphatic heterocycles. The van der Waals surface area contributed by atoms with Gasteiger partial charge >= 0.3 is 35.8 Å². The van der Waals surface area contributed by atoms with E-state index in [4.69, 9.17) is 33.2 Å². The van der Waals surface area contributed by atoms with Gasteiger partial charge in [-0.1, -0.05) is 160 Å². The summed E-state index contributed by atoms with van der Waals surface area (Å²) in [6, 6.07) is 59.6. The van der Waals surface area contributed by atoms with Crippen LogP contribution in [0.1, 0.15) is 286 Å². The van der Waals surface area contributed by atoms with Crippen molar-refractivity contribution >= 4 is 88.3 Å². The van der Waals surface area contributed by atoms with Gasteiger partial charge in [0.2, 0.25) is 17.7 Å². The number of nitrogens with one attached hydrogen (secondary N) is 4. The molecule has 1 saturated carbocycles. The van der Waals surface area contributed by atoms with Gasteiger partial charge in [0.15, 0.2) is 0 Å². The summed E-state index contributed by atoms with van der Waals surface area (Å²) in [4.78, 5) is 154. The van der Waals surface area contributed by atoms with E-state index >= 15 is 0 Å². The van der Waals surface area contributed by atoms with Gasteiger partial charge in [0.05, 0.1) is 49.0 Å². The second-order valence-corrected chi connectivity index (χ2v) is 35.8.